The molecule has 0 aliphatic carbocycles. The Morgan fingerprint density at radius 2 is 1.73 bits per heavy atom. The Labute approximate surface area is 97.0 Å². The molecular weight excluding hydrogens is 182 g/mol. The predicted molar refractivity (Wildman–Crippen MR) is 70.2 cm³/mol. The molecule has 1 nitrogen and oxygen atoms in total. The van der Waals surface area contributed by atoms with E-state index >= 15 is 0 Å². The van der Waals surface area contributed by atoms with Crippen molar-refractivity contribution >= 4 is 0 Å². The van der Waals surface area contributed by atoms with Crippen molar-refractivity contribution in [3.05, 3.63) is 0 Å². The Morgan fingerprint density at radius 1 is 1.13 bits per heavy atom. The van der Waals surface area contributed by atoms with Gasteiger partial charge in [-0.15, -0.1) is 0 Å². The van der Waals surface area contributed by atoms with E-state index in [0.29, 0.717) is 5.41 Å². The SMILES string of the molecule is CCC(C)CC(C)(C)CCNCC(C)C. The van der Waals surface area contributed by atoms with Crippen molar-refractivity contribution < 1.29 is 0 Å². The van der Waals surface area contributed by atoms with Crippen LogP contribution in [-0.2, 0) is 0 Å². The molecule has 0 aromatic carbocycles. The minimum atomic E-state index is 0.499. The summed E-state index contributed by atoms with van der Waals surface area (Å²) in [6.45, 7) is 16.3. The van der Waals surface area contributed by atoms with E-state index in [0.717, 1.165) is 18.4 Å². The maximum absolute atomic E-state index is 3.53. The molecule has 0 radical (unpaired) electrons. The van der Waals surface area contributed by atoms with Gasteiger partial charge >= 0.3 is 0 Å². The first-order valence-electron chi connectivity index (χ1n) is 6.58. The number of hydrogen-bond donors (Lipinski definition) is 1. The monoisotopic (exact) mass is 213 g/mol. The lowest BCUT2D eigenvalue weighted by Crippen LogP contribution is -2.26. The quantitative estimate of drug-likeness (QED) is 0.599. The largest absolute Gasteiger partial charge is 0.316 e. The molecule has 1 heteroatoms. The summed E-state index contributed by atoms with van der Waals surface area (Å²) in [6, 6.07) is 0. The highest BCUT2D eigenvalue weighted by Gasteiger charge is 2.19. The molecule has 1 unspecified atom stereocenters. The topological polar surface area (TPSA) is 12.0 Å². The third-order valence-corrected chi connectivity index (χ3v) is 3.13. The molecule has 0 saturated heterocycles. The number of nitrogens with one attached hydrogen (secondary N) is 1. The van der Waals surface area contributed by atoms with Crippen LogP contribution < -0.4 is 5.32 Å². The highest BCUT2D eigenvalue weighted by molar-refractivity contribution is 4.72. The molecule has 0 rings (SSSR count). The summed E-state index contributed by atoms with van der Waals surface area (Å²) in [5.41, 5.74) is 0.499. The molecule has 1 atom stereocenters. The average molecular weight is 213 g/mol. The minimum Gasteiger partial charge on any atom is -0.316 e. The summed E-state index contributed by atoms with van der Waals surface area (Å²) in [7, 11) is 0. The summed E-state index contributed by atoms with van der Waals surface area (Å²) >= 11 is 0. The second-order valence-electron chi connectivity index (χ2n) is 6.23. The Hall–Kier alpha value is -0.0400. The van der Waals surface area contributed by atoms with Crippen LogP contribution in [0.25, 0.3) is 0 Å². The van der Waals surface area contributed by atoms with Gasteiger partial charge in [-0.2, -0.15) is 0 Å². The molecule has 0 bridgehead atoms. The van der Waals surface area contributed by atoms with Gasteiger partial charge in [-0.1, -0.05) is 48.0 Å². The molecule has 1 N–H and O–H groups in total. The van der Waals surface area contributed by atoms with E-state index in [9.17, 15) is 0 Å². The number of rotatable bonds is 8. The van der Waals surface area contributed by atoms with E-state index < -0.39 is 0 Å². The van der Waals surface area contributed by atoms with Crippen molar-refractivity contribution in [3.63, 3.8) is 0 Å². The summed E-state index contributed by atoms with van der Waals surface area (Å²) in [5.74, 6) is 1.63. The lowest BCUT2D eigenvalue weighted by atomic mass is 9.80. The van der Waals surface area contributed by atoms with Crippen LogP contribution in [-0.4, -0.2) is 13.1 Å². The van der Waals surface area contributed by atoms with E-state index in [1.165, 1.54) is 25.8 Å². The van der Waals surface area contributed by atoms with Crippen LogP contribution in [0, 0.1) is 17.3 Å². The summed E-state index contributed by atoms with van der Waals surface area (Å²) in [4.78, 5) is 0. The Kier molecular flexibility index (Phi) is 7.25. The van der Waals surface area contributed by atoms with Gasteiger partial charge in [0.1, 0.15) is 0 Å². The van der Waals surface area contributed by atoms with Crippen LogP contribution in [0.15, 0.2) is 0 Å². The second kappa shape index (κ2) is 7.27. The Bertz CT molecular complexity index is 149. The van der Waals surface area contributed by atoms with Crippen molar-refractivity contribution in [2.75, 3.05) is 13.1 Å². The maximum atomic E-state index is 3.53. The van der Waals surface area contributed by atoms with Crippen LogP contribution in [0.2, 0.25) is 0 Å². The van der Waals surface area contributed by atoms with Gasteiger partial charge in [-0.05, 0) is 43.2 Å². The minimum absolute atomic E-state index is 0.499. The highest BCUT2D eigenvalue weighted by Crippen LogP contribution is 2.29. The summed E-state index contributed by atoms with van der Waals surface area (Å²) < 4.78 is 0. The molecule has 0 saturated carbocycles. The first-order valence-corrected chi connectivity index (χ1v) is 6.58. The van der Waals surface area contributed by atoms with Crippen molar-refractivity contribution in [3.8, 4) is 0 Å². The standard InChI is InChI=1S/C14H31N/c1-7-13(4)10-14(5,6)8-9-15-11-12(2)3/h12-13,15H,7-11H2,1-6H3. The fraction of sp³-hybridized carbons (Fsp3) is 1.00. The van der Waals surface area contributed by atoms with Gasteiger partial charge < -0.3 is 5.32 Å². The molecule has 0 amide bonds. The third-order valence-electron chi connectivity index (χ3n) is 3.13. The molecule has 0 heterocycles. The molecular formula is C14H31N. The van der Waals surface area contributed by atoms with Crippen molar-refractivity contribution in [2.24, 2.45) is 17.3 Å². The zero-order valence-corrected chi connectivity index (χ0v) is 11.7. The van der Waals surface area contributed by atoms with Crippen molar-refractivity contribution in [2.45, 2.75) is 60.8 Å². The molecule has 92 valence electrons. The molecule has 0 aliphatic heterocycles. The lowest BCUT2D eigenvalue weighted by Gasteiger charge is -2.28. The van der Waals surface area contributed by atoms with Gasteiger partial charge in [0.05, 0.1) is 0 Å². The lowest BCUT2D eigenvalue weighted by molar-refractivity contribution is 0.249. The van der Waals surface area contributed by atoms with Crippen molar-refractivity contribution in [1.82, 2.24) is 5.32 Å². The summed E-state index contributed by atoms with van der Waals surface area (Å²) in [6.07, 6.45) is 3.96. The van der Waals surface area contributed by atoms with Gasteiger partial charge in [-0.3, -0.25) is 0 Å². The van der Waals surface area contributed by atoms with Crippen LogP contribution in [0.3, 0.4) is 0 Å². The summed E-state index contributed by atoms with van der Waals surface area (Å²) in [5, 5.41) is 3.53. The molecule has 0 fully saturated rings. The predicted octanol–water partition coefficient (Wildman–Crippen LogP) is 4.08. The van der Waals surface area contributed by atoms with Gasteiger partial charge in [0.25, 0.3) is 0 Å². The molecule has 0 spiro atoms. The average Bonchev–Trinajstić information content (AvgIpc) is 2.11. The molecule has 15 heavy (non-hydrogen) atoms. The van der Waals surface area contributed by atoms with Crippen LogP contribution >= 0.6 is 0 Å². The van der Waals surface area contributed by atoms with Crippen LogP contribution in [0.1, 0.15) is 60.8 Å². The van der Waals surface area contributed by atoms with Gasteiger partial charge in [0.15, 0.2) is 0 Å². The first-order chi connectivity index (χ1) is 6.87. The van der Waals surface area contributed by atoms with E-state index in [2.05, 4.69) is 46.9 Å². The van der Waals surface area contributed by atoms with E-state index in [-0.39, 0.29) is 0 Å². The highest BCUT2D eigenvalue weighted by atomic mass is 14.8. The Balaban J connectivity index is 3.64. The Morgan fingerprint density at radius 3 is 2.20 bits per heavy atom. The zero-order valence-electron chi connectivity index (χ0n) is 11.7. The van der Waals surface area contributed by atoms with Crippen LogP contribution in [0.5, 0.6) is 0 Å². The van der Waals surface area contributed by atoms with Gasteiger partial charge in [0.2, 0.25) is 0 Å². The normalized spacial score (nSPS) is 14.6. The zero-order chi connectivity index (χ0) is 11.9. The maximum Gasteiger partial charge on any atom is -0.00258 e. The second-order valence-corrected chi connectivity index (χ2v) is 6.23. The first kappa shape index (κ1) is 15.0. The van der Waals surface area contributed by atoms with Crippen LogP contribution in [0.4, 0.5) is 0 Å². The molecule has 0 aliphatic rings. The smallest absolute Gasteiger partial charge is 0.00258 e. The van der Waals surface area contributed by atoms with Crippen molar-refractivity contribution in [1.29, 1.82) is 0 Å². The van der Waals surface area contributed by atoms with E-state index in [4.69, 9.17) is 0 Å². The molecule has 0 aromatic rings. The van der Waals surface area contributed by atoms with E-state index in [1.54, 1.807) is 0 Å². The fourth-order valence-corrected chi connectivity index (χ4v) is 2.01. The van der Waals surface area contributed by atoms with E-state index in [1.807, 2.05) is 0 Å². The molecule has 0 aromatic heterocycles. The van der Waals surface area contributed by atoms with Gasteiger partial charge in [-0.25, -0.2) is 0 Å². The third kappa shape index (κ3) is 8.92. The fourth-order valence-electron chi connectivity index (χ4n) is 2.01. The van der Waals surface area contributed by atoms with Gasteiger partial charge in [0, 0.05) is 0 Å². The number of hydrogen-bond acceptors (Lipinski definition) is 1.